The van der Waals surface area contributed by atoms with Gasteiger partial charge in [-0.15, -0.1) is 5.10 Å². The van der Waals surface area contributed by atoms with Gasteiger partial charge in [0.2, 0.25) is 0 Å². The van der Waals surface area contributed by atoms with Crippen LogP contribution in [-0.2, 0) is 9.59 Å². The van der Waals surface area contributed by atoms with Crippen molar-refractivity contribution in [2.24, 2.45) is 5.73 Å². The maximum absolute atomic E-state index is 13.6. The fourth-order valence-corrected chi connectivity index (χ4v) is 3.66. The molecule has 4 aromatic rings. The number of halogens is 3. The van der Waals surface area contributed by atoms with Crippen molar-refractivity contribution < 1.29 is 37.3 Å². The van der Waals surface area contributed by atoms with Gasteiger partial charge in [-0.1, -0.05) is 18.2 Å². The van der Waals surface area contributed by atoms with Crippen molar-refractivity contribution >= 4 is 34.4 Å². The second-order valence-corrected chi connectivity index (χ2v) is 9.14. The molecule has 12 nitrogen and oxygen atoms in total. The minimum absolute atomic E-state index is 0.0315. The molecular formula is C28H30F3N7O5. The zero-order chi connectivity index (χ0) is 31.7. The van der Waals surface area contributed by atoms with Crippen LogP contribution in [0.3, 0.4) is 0 Å². The number of para-hydroxylation sites is 1. The quantitative estimate of drug-likeness (QED) is 0.130. The predicted molar refractivity (Wildman–Crippen MR) is 153 cm³/mol. The van der Waals surface area contributed by atoms with Gasteiger partial charge in [0.15, 0.2) is 11.5 Å². The van der Waals surface area contributed by atoms with Crippen LogP contribution in [0.25, 0.3) is 11.0 Å². The van der Waals surface area contributed by atoms with Gasteiger partial charge < -0.3 is 25.6 Å². The molecule has 228 valence electrons. The number of aromatic nitrogens is 3. The molecule has 0 bridgehead atoms. The number of aliphatic carboxylic acids is 1. The lowest BCUT2D eigenvalue weighted by Gasteiger charge is -2.22. The standard InChI is InChI=1S/C26H29N7O3.C2HF3O2/c1-4-35-23-15-18(11-14-22(23)36-16(2)3)24(29-19-12-9-17(10-13-19)25(27)28)26(34)31-33-21-8-6-5-7-20(21)30-32-33;3-2(4,5)1(6)7/h5-16,24,29H,4H2,1-3H3,(H3,27,28)(H,31,34);(H,6,7). The summed E-state index contributed by atoms with van der Waals surface area (Å²) in [6.45, 7) is 6.21. The first-order valence-corrected chi connectivity index (χ1v) is 12.9. The van der Waals surface area contributed by atoms with E-state index in [0.717, 1.165) is 0 Å². The van der Waals surface area contributed by atoms with Crippen LogP contribution in [0.15, 0.2) is 66.7 Å². The van der Waals surface area contributed by atoms with Crippen molar-refractivity contribution in [3.05, 3.63) is 77.9 Å². The molecule has 0 radical (unpaired) electrons. The van der Waals surface area contributed by atoms with Crippen LogP contribution in [0.5, 0.6) is 11.5 Å². The lowest BCUT2D eigenvalue weighted by Crippen LogP contribution is -2.33. The molecule has 0 saturated heterocycles. The van der Waals surface area contributed by atoms with E-state index >= 15 is 0 Å². The number of rotatable bonds is 10. The minimum Gasteiger partial charge on any atom is -0.490 e. The van der Waals surface area contributed by atoms with Crippen LogP contribution in [0, 0.1) is 5.41 Å². The third kappa shape index (κ3) is 8.82. The fraction of sp³-hybridized carbons (Fsp3) is 0.250. The Morgan fingerprint density at radius 2 is 1.72 bits per heavy atom. The number of nitrogen functional groups attached to an aromatic ring is 1. The number of carbonyl (C=O) groups excluding carboxylic acids is 1. The molecule has 1 heterocycles. The summed E-state index contributed by atoms with van der Waals surface area (Å²) < 4.78 is 43.4. The van der Waals surface area contributed by atoms with E-state index in [1.54, 1.807) is 36.4 Å². The molecule has 0 aliphatic heterocycles. The molecule has 0 saturated carbocycles. The number of carboxylic acids is 1. The van der Waals surface area contributed by atoms with Gasteiger partial charge in [-0.05, 0) is 80.1 Å². The highest BCUT2D eigenvalue weighted by atomic mass is 19.4. The van der Waals surface area contributed by atoms with Crippen LogP contribution in [0.1, 0.15) is 37.9 Å². The lowest BCUT2D eigenvalue weighted by molar-refractivity contribution is -0.192. The number of nitrogens with zero attached hydrogens (tertiary/aromatic N) is 3. The Morgan fingerprint density at radius 3 is 2.30 bits per heavy atom. The smallest absolute Gasteiger partial charge is 0.490 e. The molecule has 1 unspecified atom stereocenters. The number of nitrogens with one attached hydrogen (secondary N) is 3. The fourth-order valence-electron chi connectivity index (χ4n) is 3.66. The number of amides is 1. The highest BCUT2D eigenvalue weighted by Gasteiger charge is 2.38. The number of ether oxygens (including phenoxy) is 2. The third-order valence-corrected chi connectivity index (χ3v) is 5.54. The first-order valence-electron chi connectivity index (χ1n) is 12.9. The van der Waals surface area contributed by atoms with Crippen molar-refractivity contribution in [1.29, 1.82) is 5.41 Å². The Morgan fingerprint density at radius 1 is 1.07 bits per heavy atom. The SMILES string of the molecule is CCOc1cc(C(Nc2ccc(C(=N)N)cc2)C(=O)Nn2nnc3ccccc32)ccc1OC(C)C.O=C(O)C(F)(F)F. The molecule has 0 aliphatic rings. The summed E-state index contributed by atoms with van der Waals surface area (Å²) in [6.07, 6.45) is -5.12. The Hall–Kier alpha value is -5.34. The van der Waals surface area contributed by atoms with Crippen molar-refractivity contribution in [3.8, 4) is 11.5 Å². The Kier molecular flexibility index (Phi) is 10.5. The number of amidine groups is 1. The molecule has 6 N–H and O–H groups in total. The van der Waals surface area contributed by atoms with Crippen molar-refractivity contribution in [2.75, 3.05) is 17.3 Å². The maximum Gasteiger partial charge on any atom is 0.490 e. The zero-order valence-electron chi connectivity index (χ0n) is 23.3. The van der Waals surface area contributed by atoms with Crippen molar-refractivity contribution in [1.82, 2.24) is 15.1 Å². The number of hydrogen-bond donors (Lipinski definition) is 5. The van der Waals surface area contributed by atoms with E-state index in [1.165, 1.54) is 4.79 Å². The molecule has 0 spiro atoms. The summed E-state index contributed by atoms with van der Waals surface area (Å²) in [7, 11) is 0. The van der Waals surface area contributed by atoms with E-state index in [-0.39, 0.29) is 17.8 Å². The zero-order valence-corrected chi connectivity index (χ0v) is 23.3. The summed E-state index contributed by atoms with van der Waals surface area (Å²) in [5, 5.41) is 26.2. The number of carboxylic acid groups (broad SMARTS) is 1. The molecule has 0 fully saturated rings. The molecule has 1 amide bonds. The van der Waals surface area contributed by atoms with Crippen LogP contribution >= 0.6 is 0 Å². The van der Waals surface area contributed by atoms with E-state index in [4.69, 9.17) is 30.5 Å². The number of benzene rings is 3. The number of anilines is 1. The topological polar surface area (TPSA) is 177 Å². The van der Waals surface area contributed by atoms with Gasteiger partial charge in [-0.3, -0.25) is 10.2 Å². The maximum atomic E-state index is 13.6. The lowest BCUT2D eigenvalue weighted by atomic mass is 10.0. The Bertz CT molecular complexity index is 1570. The summed E-state index contributed by atoms with van der Waals surface area (Å²) >= 11 is 0. The van der Waals surface area contributed by atoms with Crippen LogP contribution in [-0.4, -0.2) is 56.8 Å². The summed E-state index contributed by atoms with van der Waals surface area (Å²) in [5.74, 6) is -2.01. The van der Waals surface area contributed by atoms with E-state index < -0.39 is 18.2 Å². The first kappa shape index (κ1) is 32.2. The van der Waals surface area contributed by atoms with Gasteiger partial charge in [-0.25, -0.2) is 10.2 Å². The number of carbonyl (C=O) groups is 2. The van der Waals surface area contributed by atoms with Gasteiger partial charge in [0.05, 0.1) is 12.7 Å². The van der Waals surface area contributed by atoms with E-state index in [2.05, 4.69) is 21.1 Å². The van der Waals surface area contributed by atoms with Crippen molar-refractivity contribution in [2.45, 2.75) is 39.1 Å². The Labute approximate surface area is 244 Å². The van der Waals surface area contributed by atoms with E-state index in [1.807, 2.05) is 51.1 Å². The number of fused-ring (bicyclic) bond motifs is 1. The highest BCUT2D eigenvalue weighted by molar-refractivity contribution is 5.96. The highest BCUT2D eigenvalue weighted by Crippen LogP contribution is 2.33. The molecule has 15 heteroatoms. The average Bonchev–Trinajstić information content (AvgIpc) is 3.35. The second-order valence-electron chi connectivity index (χ2n) is 9.14. The minimum atomic E-state index is -5.08. The molecular weight excluding hydrogens is 571 g/mol. The largest absolute Gasteiger partial charge is 0.490 e. The average molecular weight is 602 g/mol. The second kappa shape index (κ2) is 14.0. The van der Waals surface area contributed by atoms with Crippen molar-refractivity contribution in [3.63, 3.8) is 0 Å². The molecule has 43 heavy (non-hydrogen) atoms. The van der Waals surface area contributed by atoms with Gasteiger partial charge in [0, 0.05) is 11.3 Å². The van der Waals surface area contributed by atoms with Gasteiger partial charge in [-0.2, -0.15) is 18.0 Å². The summed E-state index contributed by atoms with van der Waals surface area (Å²) in [6, 6.07) is 18.9. The first-order chi connectivity index (χ1) is 20.3. The monoisotopic (exact) mass is 601 g/mol. The number of alkyl halides is 3. The molecule has 3 aromatic carbocycles. The van der Waals surface area contributed by atoms with Gasteiger partial charge in [0.1, 0.15) is 22.9 Å². The van der Waals surface area contributed by atoms with E-state index in [0.29, 0.717) is 46.0 Å². The summed E-state index contributed by atoms with van der Waals surface area (Å²) in [4.78, 5) is 23.8. The van der Waals surface area contributed by atoms with E-state index in [9.17, 15) is 18.0 Å². The molecule has 1 atom stereocenters. The third-order valence-electron chi connectivity index (χ3n) is 5.54. The van der Waals surface area contributed by atoms with Crippen LogP contribution < -0.4 is 25.9 Å². The van der Waals surface area contributed by atoms with Crippen LogP contribution in [0.2, 0.25) is 0 Å². The Balaban J connectivity index is 0.000000646. The molecule has 1 aromatic heterocycles. The van der Waals surface area contributed by atoms with Crippen LogP contribution in [0.4, 0.5) is 18.9 Å². The normalized spacial score (nSPS) is 11.7. The molecule has 4 rings (SSSR count). The molecule has 0 aliphatic carbocycles. The van der Waals surface area contributed by atoms with Gasteiger partial charge >= 0.3 is 12.1 Å². The number of nitrogens with two attached hydrogens (primary N) is 1. The number of hydrogen-bond acceptors (Lipinski definition) is 8. The summed E-state index contributed by atoms with van der Waals surface area (Å²) in [5.41, 5.74) is 11.7. The van der Waals surface area contributed by atoms with Gasteiger partial charge in [0.25, 0.3) is 5.91 Å². The predicted octanol–water partition coefficient (Wildman–Crippen LogP) is 4.46.